The first-order valence-corrected chi connectivity index (χ1v) is 13.9. The van der Waals surface area contributed by atoms with Gasteiger partial charge in [0, 0.05) is 19.5 Å². The third-order valence-electron chi connectivity index (χ3n) is 6.97. The number of hydrogen-bond acceptors (Lipinski definition) is 7. The van der Waals surface area contributed by atoms with E-state index in [-0.39, 0.29) is 36.5 Å². The average Bonchev–Trinajstić information content (AvgIpc) is 3.54. The van der Waals surface area contributed by atoms with Crippen LogP contribution in [0, 0.1) is 23.7 Å². The van der Waals surface area contributed by atoms with Crippen LogP contribution in [0.25, 0.3) is 10.4 Å². The molecular weight excluding hydrogens is 526 g/mol. The van der Waals surface area contributed by atoms with Crippen LogP contribution in [-0.4, -0.2) is 57.4 Å². The molecule has 208 valence electrons. The Morgan fingerprint density at radius 3 is 2.50 bits per heavy atom. The minimum absolute atomic E-state index is 0.0168. The number of aromatic nitrogens is 1. The summed E-state index contributed by atoms with van der Waals surface area (Å²) in [6, 6.07) is 14.3. The van der Waals surface area contributed by atoms with Crippen molar-refractivity contribution in [1.29, 1.82) is 5.26 Å². The van der Waals surface area contributed by atoms with Gasteiger partial charge in [0.25, 0.3) is 5.91 Å². The summed E-state index contributed by atoms with van der Waals surface area (Å²) in [5.41, 5.74) is 4.38. The van der Waals surface area contributed by atoms with E-state index in [9.17, 15) is 24.8 Å². The van der Waals surface area contributed by atoms with E-state index in [0.717, 1.165) is 21.7 Å². The Balaban J connectivity index is 1.46. The van der Waals surface area contributed by atoms with Crippen molar-refractivity contribution in [3.8, 4) is 16.5 Å². The number of carbonyl (C=O) groups is 3. The van der Waals surface area contributed by atoms with Gasteiger partial charge in [-0.2, -0.15) is 5.26 Å². The summed E-state index contributed by atoms with van der Waals surface area (Å²) < 4.78 is 0. The maximum atomic E-state index is 13.8. The third-order valence-corrected chi connectivity index (χ3v) is 7.95. The SMILES string of the molecule is Cc1ncsc1-c1ccc(CNC(=O)[C@@H]2C[C@@H](O)CN2C(=O)[C@@H](NC(=O)c2ccccc2C#N)C(C)(C)C)cc1. The molecule has 0 radical (unpaired) electrons. The molecule has 10 heteroatoms. The van der Waals surface area contributed by atoms with Gasteiger partial charge in [-0.3, -0.25) is 14.4 Å². The van der Waals surface area contributed by atoms with E-state index >= 15 is 0 Å². The summed E-state index contributed by atoms with van der Waals surface area (Å²) in [5, 5.41) is 25.5. The first-order valence-electron chi connectivity index (χ1n) is 13.0. The van der Waals surface area contributed by atoms with Crippen LogP contribution in [-0.2, 0) is 16.1 Å². The van der Waals surface area contributed by atoms with Gasteiger partial charge in [-0.15, -0.1) is 11.3 Å². The second kappa shape index (κ2) is 12.0. The second-order valence-electron chi connectivity index (χ2n) is 11.0. The van der Waals surface area contributed by atoms with Gasteiger partial charge in [0.15, 0.2) is 0 Å². The molecule has 3 N–H and O–H groups in total. The number of nitrogens with zero attached hydrogens (tertiary/aromatic N) is 3. The van der Waals surface area contributed by atoms with Gasteiger partial charge in [0.05, 0.1) is 39.4 Å². The van der Waals surface area contributed by atoms with Crippen molar-refractivity contribution in [3.05, 3.63) is 76.4 Å². The van der Waals surface area contributed by atoms with E-state index in [4.69, 9.17) is 0 Å². The molecule has 0 unspecified atom stereocenters. The average molecular weight is 560 g/mol. The van der Waals surface area contributed by atoms with Gasteiger partial charge in [0.2, 0.25) is 11.8 Å². The molecule has 0 spiro atoms. The number of aliphatic hydroxyl groups is 1. The molecule has 1 aromatic heterocycles. The van der Waals surface area contributed by atoms with Crippen LogP contribution < -0.4 is 10.6 Å². The maximum Gasteiger partial charge on any atom is 0.253 e. The number of benzene rings is 2. The zero-order valence-corrected chi connectivity index (χ0v) is 23.8. The number of carbonyl (C=O) groups excluding carboxylic acids is 3. The Hall–Kier alpha value is -4.07. The largest absolute Gasteiger partial charge is 0.391 e. The van der Waals surface area contributed by atoms with Gasteiger partial charge in [0.1, 0.15) is 12.1 Å². The number of rotatable bonds is 7. The fourth-order valence-electron chi connectivity index (χ4n) is 4.77. The van der Waals surface area contributed by atoms with E-state index in [1.807, 2.05) is 63.5 Å². The molecule has 1 aliphatic heterocycles. The van der Waals surface area contributed by atoms with Crippen molar-refractivity contribution in [1.82, 2.24) is 20.5 Å². The fourth-order valence-corrected chi connectivity index (χ4v) is 5.58. The zero-order chi connectivity index (χ0) is 29.0. The van der Waals surface area contributed by atoms with Gasteiger partial charge in [-0.05, 0) is 35.6 Å². The van der Waals surface area contributed by atoms with Crippen molar-refractivity contribution in [2.45, 2.75) is 58.8 Å². The smallest absolute Gasteiger partial charge is 0.253 e. The van der Waals surface area contributed by atoms with E-state index in [1.54, 1.807) is 23.5 Å². The molecule has 2 heterocycles. The van der Waals surface area contributed by atoms with Crippen LogP contribution in [0.15, 0.2) is 54.0 Å². The van der Waals surface area contributed by atoms with Crippen LogP contribution in [0.1, 0.15) is 54.4 Å². The monoisotopic (exact) mass is 559 g/mol. The Morgan fingerprint density at radius 2 is 1.88 bits per heavy atom. The third kappa shape index (κ3) is 6.38. The number of β-amino-alcohol motifs (C(OH)–C–C–N with tert-alkyl or cyclic N) is 1. The van der Waals surface area contributed by atoms with Crippen LogP contribution in [0.3, 0.4) is 0 Å². The number of nitriles is 1. The molecule has 1 saturated heterocycles. The van der Waals surface area contributed by atoms with Gasteiger partial charge in [-0.1, -0.05) is 57.2 Å². The molecular formula is C30H33N5O4S. The van der Waals surface area contributed by atoms with Crippen molar-refractivity contribution >= 4 is 29.1 Å². The number of aryl methyl sites for hydroxylation is 1. The Bertz CT molecular complexity index is 1440. The van der Waals surface area contributed by atoms with Crippen molar-refractivity contribution in [2.24, 2.45) is 5.41 Å². The predicted octanol–water partition coefficient (Wildman–Crippen LogP) is 3.41. The highest BCUT2D eigenvalue weighted by Gasteiger charge is 2.44. The summed E-state index contributed by atoms with van der Waals surface area (Å²) >= 11 is 1.57. The van der Waals surface area contributed by atoms with Crippen LogP contribution in [0.5, 0.6) is 0 Å². The number of likely N-dealkylation sites (tertiary alicyclic amines) is 1. The molecule has 3 aromatic rings. The highest BCUT2D eigenvalue weighted by Crippen LogP contribution is 2.28. The quantitative estimate of drug-likeness (QED) is 0.406. The lowest BCUT2D eigenvalue weighted by atomic mass is 9.85. The molecule has 3 atom stereocenters. The molecule has 3 amide bonds. The zero-order valence-electron chi connectivity index (χ0n) is 23.0. The lowest BCUT2D eigenvalue weighted by Crippen LogP contribution is -2.57. The number of aliphatic hydroxyl groups excluding tert-OH is 1. The van der Waals surface area contributed by atoms with Crippen LogP contribution >= 0.6 is 11.3 Å². The highest BCUT2D eigenvalue weighted by atomic mass is 32.1. The lowest BCUT2D eigenvalue weighted by Gasteiger charge is -2.35. The first-order chi connectivity index (χ1) is 19.0. The number of hydrogen-bond donors (Lipinski definition) is 3. The van der Waals surface area contributed by atoms with Gasteiger partial charge < -0.3 is 20.6 Å². The van der Waals surface area contributed by atoms with Gasteiger partial charge >= 0.3 is 0 Å². The van der Waals surface area contributed by atoms with Crippen molar-refractivity contribution in [3.63, 3.8) is 0 Å². The van der Waals surface area contributed by atoms with Crippen LogP contribution in [0.2, 0.25) is 0 Å². The Kier molecular flexibility index (Phi) is 8.67. The summed E-state index contributed by atoms with van der Waals surface area (Å²) in [6.07, 6.45) is -0.763. The summed E-state index contributed by atoms with van der Waals surface area (Å²) in [7, 11) is 0. The van der Waals surface area contributed by atoms with E-state index in [1.165, 1.54) is 17.0 Å². The normalized spacial score (nSPS) is 17.6. The Labute approximate surface area is 237 Å². The number of thiazole rings is 1. The molecule has 9 nitrogen and oxygen atoms in total. The summed E-state index contributed by atoms with van der Waals surface area (Å²) in [4.78, 5) is 46.8. The molecule has 1 fully saturated rings. The molecule has 4 rings (SSSR count). The van der Waals surface area contributed by atoms with Crippen molar-refractivity contribution < 1.29 is 19.5 Å². The minimum atomic E-state index is -0.991. The maximum absolute atomic E-state index is 13.8. The second-order valence-corrected chi connectivity index (χ2v) is 11.9. The van der Waals surface area contributed by atoms with E-state index in [2.05, 4.69) is 15.6 Å². The van der Waals surface area contributed by atoms with Crippen LogP contribution in [0.4, 0.5) is 0 Å². The number of amides is 3. The summed E-state index contributed by atoms with van der Waals surface area (Å²) in [5.74, 6) is -1.39. The first kappa shape index (κ1) is 28.9. The fraction of sp³-hybridized carbons (Fsp3) is 0.367. The minimum Gasteiger partial charge on any atom is -0.391 e. The lowest BCUT2D eigenvalue weighted by molar-refractivity contribution is -0.142. The topological polar surface area (TPSA) is 135 Å². The molecule has 40 heavy (non-hydrogen) atoms. The standard InChI is InChI=1S/C30H33N5O4S/c1-18-25(40-17-33-18)20-11-9-19(10-12-20)15-32-28(38)24-13-22(36)16-35(24)29(39)26(30(2,3)4)34-27(37)23-8-6-5-7-21(23)14-31/h5-12,17,22,24,26,36H,13,15-16H2,1-4H3,(H,32,38)(H,34,37)/t22-,24+,26-/m1/s1. The van der Waals surface area contributed by atoms with E-state index in [0.29, 0.717) is 0 Å². The molecule has 0 aliphatic carbocycles. The predicted molar refractivity (Wildman–Crippen MR) is 152 cm³/mol. The molecule has 0 bridgehead atoms. The van der Waals surface area contributed by atoms with Crippen molar-refractivity contribution in [2.75, 3.05) is 6.54 Å². The summed E-state index contributed by atoms with van der Waals surface area (Å²) in [6.45, 7) is 7.64. The molecule has 1 aliphatic rings. The van der Waals surface area contributed by atoms with E-state index < -0.39 is 35.4 Å². The number of nitrogens with one attached hydrogen (secondary N) is 2. The highest BCUT2D eigenvalue weighted by molar-refractivity contribution is 7.13. The molecule has 2 aromatic carbocycles. The Morgan fingerprint density at radius 1 is 1.18 bits per heavy atom. The molecule has 0 saturated carbocycles. The van der Waals surface area contributed by atoms with Gasteiger partial charge in [-0.25, -0.2) is 4.98 Å².